The van der Waals surface area contributed by atoms with Crippen molar-refractivity contribution in [3.05, 3.63) is 29.8 Å². The minimum atomic E-state index is -4.69. The van der Waals surface area contributed by atoms with Crippen molar-refractivity contribution in [3.63, 3.8) is 0 Å². The minimum Gasteiger partial charge on any atom is -0.406 e. The fourth-order valence-corrected chi connectivity index (χ4v) is 2.39. The van der Waals surface area contributed by atoms with Crippen LogP contribution in [-0.2, 0) is 11.2 Å². The molecular formula is C15H20ClF3N2O2. The molecule has 1 aromatic rings. The lowest BCUT2D eigenvalue weighted by molar-refractivity contribution is -0.274. The first-order valence-electron chi connectivity index (χ1n) is 7.27. The van der Waals surface area contributed by atoms with Crippen molar-refractivity contribution in [2.45, 2.75) is 38.1 Å². The lowest BCUT2D eigenvalue weighted by Gasteiger charge is -2.23. The number of halogens is 4. The zero-order chi connectivity index (χ0) is 16.0. The van der Waals surface area contributed by atoms with Crippen molar-refractivity contribution in [1.29, 1.82) is 0 Å². The van der Waals surface area contributed by atoms with Crippen LogP contribution >= 0.6 is 12.4 Å². The standard InChI is InChI=1S/C15H19F3N2O2.ClH/c16-15(17,18)22-13-6-3-11(4-7-13)5-8-14(21)20-12-2-1-9-19-10-12;/h3-4,6-7,12,19H,1-2,5,8-10H2,(H,20,21);1H/t12-;/m0./s1. The summed E-state index contributed by atoms with van der Waals surface area (Å²) in [4.78, 5) is 11.8. The highest BCUT2D eigenvalue weighted by molar-refractivity contribution is 5.85. The van der Waals surface area contributed by atoms with Gasteiger partial charge in [0.2, 0.25) is 5.91 Å². The second kappa shape index (κ2) is 8.98. The van der Waals surface area contributed by atoms with E-state index in [1.807, 2.05) is 0 Å². The number of carbonyl (C=O) groups is 1. The molecule has 1 saturated heterocycles. The number of hydrogen-bond donors (Lipinski definition) is 2. The Bertz CT molecular complexity index is 488. The molecular weight excluding hydrogens is 333 g/mol. The number of alkyl halides is 3. The molecule has 2 rings (SSSR count). The van der Waals surface area contributed by atoms with Crippen molar-refractivity contribution >= 4 is 18.3 Å². The number of carbonyl (C=O) groups excluding carboxylic acids is 1. The fraction of sp³-hybridized carbons (Fsp3) is 0.533. The van der Waals surface area contributed by atoms with Gasteiger partial charge in [0.05, 0.1) is 0 Å². The third-order valence-corrected chi connectivity index (χ3v) is 3.46. The van der Waals surface area contributed by atoms with E-state index in [0.717, 1.165) is 31.5 Å². The first-order chi connectivity index (χ1) is 10.4. The van der Waals surface area contributed by atoms with Gasteiger partial charge in [-0.15, -0.1) is 25.6 Å². The molecule has 1 atom stereocenters. The van der Waals surface area contributed by atoms with Gasteiger partial charge in [0.1, 0.15) is 5.75 Å². The lowest BCUT2D eigenvalue weighted by atomic mass is 10.1. The van der Waals surface area contributed by atoms with E-state index in [2.05, 4.69) is 15.4 Å². The number of aryl methyl sites for hydroxylation is 1. The molecule has 23 heavy (non-hydrogen) atoms. The molecule has 2 N–H and O–H groups in total. The average Bonchev–Trinajstić information content (AvgIpc) is 2.46. The van der Waals surface area contributed by atoms with Crippen LogP contribution in [0.25, 0.3) is 0 Å². The van der Waals surface area contributed by atoms with Crippen molar-refractivity contribution in [2.24, 2.45) is 0 Å². The lowest BCUT2D eigenvalue weighted by Crippen LogP contribution is -2.45. The molecule has 8 heteroatoms. The number of hydrogen-bond acceptors (Lipinski definition) is 3. The Hall–Kier alpha value is -1.47. The van der Waals surface area contributed by atoms with Gasteiger partial charge in [-0.1, -0.05) is 12.1 Å². The van der Waals surface area contributed by atoms with Crippen molar-refractivity contribution < 1.29 is 22.7 Å². The van der Waals surface area contributed by atoms with Gasteiger partial charge in [-0.25, -0.2) is 0 Å². The molecule has 0 aromatic heterocycles. The van der Waals surface area contributed by atoms with Crippen LogP contribution in [0.2, 0.25) is 0 Å². The number of benzene rings is 1. The molecule has 1 aliphatic rings. The van der Waals surface area contributed by atoms with Crippen LogP contribution in [-0.4, -0.2) is 31.4 Å². The largest absolute Gasteiger partial charge is 0.573 e. The van der Waals surface area contributed by atoms with Crippen LogP contribution < -0.4 is 15.4 Å². The summed E-state index contributed by atoms with van der Waals surface area (Å²) < 4.78 is 39.9. The number of ether oxygens (including phenoxy) is 1. The number of amides is 1. The fourth-order valence-electron chi connectivity index (χ4n) is 2.39. The quantitative estimate of drug-likeness (QED) is 0.856. The molecule has 0 aliphatic carbocycles. The Balaban J connectivity index is 0.00000264. The van der Waals surface area contributed by atoms with E-state index in [9.17, 15) is 18.0 Å². The van der Waals surface area contributed by atoms with Crippen LogP contribution in [0, 0.1) is 0 Å². The summed E-state index contributed by atoms with van der Waals surface area (Å²) in [5.41, 5.74) is 0.798. The number of nitrogens with one attached hydrogen (secondary N) is 2. The Morgan fingerprint density at radius 2 is 2.00 bits per heavy atom. The highest BCUT2D eigenvalue weighted by Gasteiger charge is 2.30. The van der Waals surface area contributed by atoms with Gasteiger partial charge in [0, 0.05) is 19.0 Å². The van der Waals surface area contributed by atoms with E-state index in [1.165, 1.54) is 24.3 Å². The van der Waals surface area contributed by atoms with E-state index >= 15 is 0 Å². The molecule has 0 spiro atoms. The first-order valence-corrected chi connectivity index (χ1v) is 7.27. The SMILES string of the molecule is Cl.O=C(CCc1ccc(OC(F)(F)F)cc1)N[C@H]1CCCNC1. The molecule has 0 saturated carbocycles. The third kappa shape index (κ3) is 7.56. The van der Waals surface area contributed by atoms with Crippen molar-refractivity contribution in [1.82, 2.24) is 10.6 Å². The smallest absolute Gasteiger partial charge is 0.406 e. The summed E-state index contributed by atoms with van der Waals surface area (Å²) in [7, 11) is 0. The number of rotatable bonds is 5. The van der Waals surface area contributed by atoms with Crippen LogP contribution in [0.1, 0.15) is 24.8 Å². The predicted octanol–water partition coefficient (Wildman–Crippen LogP) is 2.81. The molecule has 4 nitrogen and oxygen atoms in total. The van der Waals surface area contributed by atoms with E-state index in [0.29, 0.717) is 12.8 Å². The molecule has 0 unspecified atom stereocenters. The summed E-state index contributed by atoms with van der Waals surface area (Å²) in [5.74, 6) is -0.293. The summed E-state index contributed by atoms with van der Waals surface area (Å²) in [6, 6.07) is 5.76. The van der Waals surface area contributed by atoms with Gasteiger partial charge in [-0.3, -0.25) is 4.79 Å². The van der Waals surface area contributed by atoms with Crippen LogP contribution in [0.4, 0.5) is 13.2 Å². The number of piperidine rings is 1. The second-order valence-electron chi connectivity index (χ2n) is 5.30. The summed E-state index contributed by atoms with van der Waals surface area (Å²) in [6.07, 6.45) is -1.86. The van der Waals surface area contributed by atoms with Gasteiger partial charge in [-0.2, -0.15) is 0 Å². The highest BCUT2D eigenvalue weighted by Crippen LogP contribution is 2.23. The summed E-state index contributed by atoms with van der Waals surface area (Å²) in [6.45, 7) is 1.77. The van der Waals surface area contributed by atoms with E-state index < -0.39 is 6.36 Å². The van der Waals surface area contributed by atoms with Crippen molar-refractivity contribution in [3.8, 4) is 5.75 Å². The Morgan fingerprint density at radius 3 is 2.57 bits per heavy atom. The highest BCUT2D eigenvalue weighted by atomic mass is 35.5. The monoisotopic (exact) mass is 352 g/mol. The molecule has 0 radical (unpaired) electrons. The maximum atomic E-state index is 12.0. The Morgan fingerprint density at radius 1 is 1.30 bits per heavy atom. The topological polar surface area (TPSA) is 50.4 Å². The first kappa shape index (κ1) is 19.6. The molecule has 1 heterocycles. The van der Waals surface area contributed by atoms with Crippen LogP contribution in [0.15, 0.2) is 24.3 Å². The molecule has 1 aromatic carbocycles. The average molecular weight is 353 g/mol. The summed E-state index contributed by atoms with van der Waals surface area (Å²) >= 11 is 0. The van der Waals surface area contributed by atoms with Crippen molar-refractivity contribution in [2.75, 3.05) is 13.1 Å². The zero-order valence-corrected chi connectivity index (χ0v) is 13.3. The third-order valence-electron chi connectivity index (χ3n) is 3.46. The van der Waals surface area contributed by atoms with Gasteiger partial charge < -0.3 is 15.4 Å². The van der Waals surface area contributed by atoms with Gasteiger partial charge in [0.15, 0.2) is 0 Å². The van der Waals surface area contributed by atoms with Gasteiger partial charge in [-0.05, 0) is 43.5 Å². The van der Waals surface area contributed by atoms with Gasteiger partial charge >= 0.3 is 6.36 Å². The molecule has 1 fully saturated rings. The van der Waals surface area contributed by atoms with E-state index in [-0.39, 0.29) is 30.1 Å². The molecule has 1 aliphatic heterocycles. The maximum Gasteiger partial charge on any atom is 0.573 e. The van der Waals surface area contributed by atoms with E-state index in [1.54, 1.807) is 0 Å². The zero-order valence-electron chi connectivity index (χ0n) is 12.5. The second-order valence-corrected chi connectivity index (χ2v) is 5.30. The van der Waals surface area contributed by atoms with E-state index in [4.69, 9.17) is 0 Å². The predicted molar refractivity (Wildman–Crippen MR) is 82.7 cm³/mol. The Labute approximate surface area is 139 Å². The van der Waals surface area contributed by atoms with Gasteiger partial charge in [0.25, 0.3) is 0 Å². The summed E-state index contributed by atoms with van der Waals surface area (Å²) in [5, 5.41) is 6.17. The Kier molecular flexibility index (Phi) is 7.64. The maximum absolute atomic E-state index is 12.0. The molecule has 0 bridgehead atoms. The normalized spacial score (nSPS) is 18.0. The molecule has 130 valence electrons. The minimum absolute atomic E-state index is 0. The van der Waals surface area contributed by atoms with Crippen LogP contribution in [0.3, 0.4) is 0 Å². The molecule has 1 amide bonds. The van der Waals surface area contributed by atoms with Crippen LogP contribution in [0.5, 0.6) is 5.75 Å².